The molecule has 4 aromatic carbocycles. The molecule has 22 heteroatoms. The highest BCUT2D eigenvalue weighted by Crippen LogP contribution is 2.27. The lowest BCUT2D eigenvalue weighted by Gasteiger charge is -2.23. The highest BCUT2D eigenvalue weighted by Gasteiger charge is 2.38. The average Bonchev–Trinajstić information content (AvgIpc) is 3.68. The number of carbonyl (C=O) groups excluding carboxylic acids is 4. The second-order valence-electron chi connectivity index (χ2n) is 14.8. The lowest BCUT2D eigenvalue weighted by atomic mass is 10.1. The smallest absolute Gasteiger partial charge is 0.475 e. The number of halogens is 3. The Balaban J connectivity index is 0.00000108. The number of aromatic amines is 1. The minimum atomic E-state index is -5.08. The summed E-state index contributed by atoms with van der Waals surface area (Å²) in [5, 5.41) is 25.4. The maximum atomic E-state index is 14.1. The lowest BCUT2D eigenvalue weighted by molar-refractivity contribution is -0.432. The zero-order chi connectivity index (χ0) is 47.6. The Morgan fingerprint density at radius 1 is 0.955 bits per heavy atom. The van der Waals surface area contributed by atoms with Gasteiger partial charge in [-0.25, -0.2) is 20.5 Å². The van der Waals surface area contributed by atoms with E-state index >= 15 is 0 Å². The zero-order valence-electron chi connectivity index (χ0n) is 35.9. The van der Waals surface area contributed by atoms with Gasteiger partial charge in [0.15, 0.2) is 0 Å². The van der Waals surface area contributed by atoms with Crippen molar-refractivity contribution < 1.29 is 61.6 Å². The summed E-state index contributed by atoms with van der Waals surface area (Å²) in [4.78, 5) is 73.0. The van der Waals surface area contributed by atoms with Crippen molar-refractivity contribution in [3.63, 3.8) is 0 Å². The fourth-order valence-electron chi connectivity index (χ4n) is 6.75. The van der Waals surface area contributed by atoms with Crippen molar-refractivity contribution in [2.24, 2.45) is 0 Å². The monoisotopic (exact) mass is 938 g/mol. The molecule has 0 aliphatic carbocycles. The topological polar surface area (TPSA) is 237 Å². The number of unbranched alkanes of at least 4 members (excludes halogenated alkanes) is 3. The van der Waals surface area contributed by atoms with Gasteiger partial charge < -0.3 is 40.7 Å². The van der Waals surface area contributed by atoms with Crippen molar-refractivity contribution in [2.45, 2.75) is 68.9 Å². The molecule has 7 N–H and O–H groups in total. The fourth-order valence-corrected chi connectivity index (χ4v) is 7.23. The van der Waals surface area contributed by atoms with Gasteiger partial charge in [-0.1, -0.05) is 48.2 Å². The van der Waals surface area contributed by atoms with Crippen LogP contribution in [0.3, 0.4) is 0 Å². The first-order chi connectivity index (χ1) is 31.7. The number of esters is 1. The van der Waals surface area contributed by atoms with E-state index in [4.69, 9.17) is 24.9 Å². The Morgan fingerprint density at radius 3 is 2.36 bits per heavy atom. The molecule has 0 bridgehead atoms. The van der Waals surface area contributed by atoms with E-state index in [9.17, 15) is 32.3 Å². The number of carboxylic acid groups (broad SMARTS) is 1. The van der Waals surface area contributed by atoms with E-state index in [1.165, 1.54) is 7.11 Å². The summed E-state index contributed by atoms with van der Waals surface area (Å²) in [5.74, 6) is -3.13. The van der Waals surface area contributed by atoms with Gasteiger partial charge in [-0.15, -0.1) is 4.33 Å². The second-order valence-corrected chi connectivity index (χ2v) is 15.6. The number of alkyl halides is 3. The van der Waals surface area contributed by atoms with Gasteiger partial charge >= 0.3 is 18.1 Å². The minimum Gasteiger partial charge on any atom is -0.475 e. The van der Waals surface area contributed by atoms with Crippen LogP contribution in [0.15, 0.2) is 95.9 Å². The number of ether oxygens (including phenoxy) is 1. The Kier molecular flexibility index (Phi) is 18.7. The Labute approximate surface area is 381 Å². The number of likely N-dealkylation sites (N-methyl/N-ethyl adjacent to an activating group) is 1. The number of anilines is 2. The molecule has 352 valence electrons. The summed E-state index contributed by atoms with van der Waals surface area (Å²) in [6.07, 6.45) is -1.96. The molecule has 0 radical (unpaired) electrons. The summed E-state index contributed by atoms with van der Waals surface area (Å²) < 4.78 is 41.1. The number of hydrazine groups is 1. The number of aliphatic carboxylic acids is 1. The average molecular weight is 939 g/mol. The number of nitrogens with zero attached hydrogens (tertiary/aromatic N) is 3. The number of hydrogen-bond donors (Lipinski definition) is 7. The number of carboxylic acids is 1. The van der Waals surface area contributed by atoms with Crippen LogP contribution in [0, 0.1) is 0 Å². The van der Waals surface area contributed by atoms with E-state index in [1.54, 1.807) is 47.2 Å². The molecule has 1 aromatic heterocycles. The first-order valence-corrected chi connectivity index (χ1v) is 21.2. The molecule has 0 saturated heterocycles. The molecule has 0 spiro atoms. The largest absolute Gasteiger partial charge is 0.490 e. The summed E-state index contributed by atoms with van der Waals surface area (Å²) in [6.45, 7) is 2.03. The number of rotatable bonds is 20. The number of imidazole rings is 1. The van der Waals surface area contributed by atoms with Crippen molar-refractivity contribution in [1.82, 2.24) is 30.5 Å². The molecule has 1 atom stereocenters. The van der Waals surface area contributed by atoms with Crippen molar-refractivity contribution in [1.29, 1.82) is 0 Å². The molecule has 2 heterocycles. The molecular formula is C44H49F3N8O10S. The zero-order valence-corrected chi connectivity index (χ0v) is 36.7. The molecule has 3 amide bonds. The number of nitrogens with one attached hydrogen (secondary N) is 5. The van der Waals surface area contributed by atoms with Crippen molar-refractivity contribution in [3.05, 3.63) is 119 Å². The van der Waals surface area contributed by atoms with Crippen LogP contribution >= 0.6 is 12.0 Å². The molecule has 1 aliphatic rings. The van der Waals surface area contributed by atoms with E-state index in [0.29, 0.717) is 42.3 Å². The molecular weight excluding hydrogens is 890 g/mol. The predicted octanol–water partition coefficient (Wildman–Crippen LogP) is 6.69. The van der Waals surface area contributed by atoms with Crippen LogP contribution in [0.2, 0.25) is 0 Å². The number of para-hydroxylation sites is 2. The maximum absolute atomic E-state index is 14.1. The highest BCUT2D eigenvalue weighted by atomic mass is 32.2. The van der Waals surface area contributed by atoms with Gasteiger partial charge in [-0.05, 0) is 84.6 Å². The normalized spacial score (nSPS) is 13.4. The van der Waals surface area contributed by atoms with Gasteiger partial charge in [-0.2, -0.15) is 13.2 Å². The molecule has 5 aromatic rings. The fraction of sp³-hybridized carbons (Fsp3) is 0.318. The van der Waals surface area contributed by atoms with Crippen LogP contribution < -0.4 is 21.5 Å². The molecule has 66 heavy (non-hydrogen) atoms. The van der Waals surface area contributed by atoms with Crippen molar-refractivity contribution >= 4 is 64.1 Å². The van der Waals surface area contributed by atoms with Crippen LogP contribution in [-0.2, 0) is 48.1 Å². The molecule has 18 nitrogen and oxygen atoms in total. The number of carbonyl (C=O) groups is 5. The first kappa shape index (κ1) is 50.3. The second kappa shape index (κ2) is 24.5. The van der Waals surface area contributed by atoms with Gasteiger partial charge in [0.2, 0.25) is 5.91 Å². The van der Waals surface area contributed by atoms with E-state index in [-0.39, 0.29) is 37.2 Å². The van der Waals surface area contributed by atoms with Crippen LogP contribution in [0.1, 0.15) is 69.8 Å². The lowest BCUT2D eigenvalue weighted by Crippen LogP contribution is -2.39. The third-order valence-electron chi connectivity index (χ3n) is 10.1. The summed E-state index contributed by atoms with van der Waals surface area (Å²) >= 11 is 0.897. The van der Waals surface area contributed by atoms with Gasteiger partial charge in [0, 0.05) is 60.6 Å². The molecule has 0 saturated carbocycles. The number of H-pyrrole nitrogens is 1. The van der Waals surface area contributed by atoms with Crippen LogP contribution in [0.4, 0.5) is 24.5 Å². The van der Waals surface area contributed by atoms with Gasteiger partial charge in [0.25, 0.3) is 11.8 Å². The number of fused-ring (bicyclic) bond motifs is 2. The van der Waals surface area contributed by atoms with E-state index in [1.807, 2.05) is 60.7 Å². The number of hydrogen-bond acceptors (Lipinski definition) is 14. The summed E-state index contributed by atoms with van der Waals surface area (Å²) in [6, 6.07) is 26.9. The molecule has 0 unspecified atom stereocenters. The first-order valence-electron chi connectivity index (χ1n) is 20.5. The Bertz CT molecular complexity index is 2410. The third kappa shape index (κ3) is 14.9. The predicted molar refractivity (Wildman–Crippen MR) is 236 cm³/mol. The van der Waals surface area contributed by atoms with Gasteiger partial charge in [0.05, 0.1) is 43.2 Å². The number of methoxy groups -OCH3 is 1. The standard InChI is InChI=1S/C42H48N8O8S.C2HF3O2/c1-49-26-31-23-29(17-20-33(31)45-36(42(49)54)24-39(51)56-2)41(53)50(27-38-46-34-12-6-7-13-35(34)47-38)22-10-4-3-9-21-43-40(52)28-15-18-32(19-16-28)48-44-25-30-11-5-8-14-37(30)59-58-57-55;3-2(4,5)1(6)7/h5-8,11-20,23,36,44-45,48,55H,3-4,9-10,21-22,24-27H2,1-2H3,(H,43,52)(H,46,47);(H,6,7)/t36-;/m0./s1. The van der Waals surface area contributed by atoms with Crippen LogP contribution in [-0.4, -0.2) is 99.3 Å². The quantitative estimate of drug-likeness (QED) is 0.0142. The van der Waals surface area contributed by atoms with E-state index in [2.05, 4.69) is 35.8 Å². The van der Waals surface area contributed by atoms with Crippen molar-refractivity contribution in [2.75, 3.05) is 38.0 Å². The minimum absolute atomic E-state index is 0.110. The van der Waals surface area contributed by atoms with Crippen molar-refractivity contribution in [3.8, 4) is 0 Å². The SMILES string of the molecule is COC(=O)C[C@@H]1Nc2ccc(C(=O)N(CCCCCCNC(=O)c3ccc(NNCc4ccccc4SOOO)cc3)Cc3nc4ccccc4[nH]3)cc2CN(C)C1=O.O=C(O)C(F)(F)F. The van der Waals surface area contributed by atoms with E-state index < -0.39 is 24.2 Å². The molecule has 6 rings (SSSR count). The number of benzene rings is 4. The highest BCUT2D eigenvalue weighted by molar-refractivity contribution is 7.94. The Hall–Kier alpha value is -6.72. The van der Waals surface area contributed by atoms with Crippen LogP contribution in [0.25, 0.3) is 11.0 Å². The number of aromatic nitrogens is 2. The van der Waals surface area contributed by atoms with Gasteiger partial charge in [0.1, 0.15) is 11.9 Å². The van der Waals surface area contributed by atoms with Gasteiger partial charge in [-0.3, -0.25) is 19.2 Å². The number of amides is 3. The van der Waals surface area contributed by atoms with Crippen LogP contribution in [0.5, 0.6) is 0 Å². The summed E-state index contributed by atoms with van der Waals surface area (Å²) in [5.41, 5.74) is 12.1. The Morgan fingerprint density at radius 2 is 1.65 bits per heavy atom. The third-order valence-corrected chi connectivity index (χ3v) is 10.8. The molecule has 1 aliphatic heterocycles. The summed E-state index contributed by atoms with van der Waals surface area (Å²) in [7, 11) is 2.96. The van der Waals surface area contributed by atoms with E-state index in [0.717, 1.165) is 70.5 Å². The molecule has 0 fully saturated rings. The maximum Gasteiger partial charge on any atom is 0.490 e.